The maximum Gasteiger partial charge on any atom is 0.303 e. The van der Waals surface area contributed by atoms with Crippen molar-refractivity contribution in [3.63, 3.8) is 0 Å². The maximum atomic E-state index is 10.6. The van der Waals surface area contributed by atoms with Gasteiger partial charge in [-0.15, -0.1) is 0 Å². The molecule has 0 saturated carbocycles. The molecule has 1 N–H and O–H groups in total. The van der Waals surface area contributed by atoms with Crippen molar-refractivity contribution < 1.29 is 9.90 Å². The molecule has 1 aromatic carbocycles. The molecule has 2 aromatic rings. The average molecular weight is 323 g/mol. The molecular weight excluding hydrogens is 308 g/mol. The van der Waals surface area contributed by atoms with Gasteiger partial charge in [-0.3, -0.25) is 4.79 Å². The van der Waals surface area contributed by atoms with Crippen molar-refractivity contribution in [1.29, 1.82) is 0 Å². The summed E-state index contributed by atoms with van der Waals surface area (Å²) in [5.41, 5.74) is 3.93. The van der Waals surface area contributed by atoms with Crippen molar-refractivity contribution in [2.75, 3.05) is 0 Å². The third kappa shape index (κ3) is 3.04. The molecule has 0 fully saturated rings. The van der Waals surface area contributed by atoms with Gasteiger partial charge in [-0.2, -0.15) is 5.10 Å². The van der Waals surface area contributed by atoms with Crippen LogP contribution in [0.2, 0.25) is 0 Å². The van der Waals surface area contributed by atoms with E-state index in [1.807, 2.05) is 42.8 Å². The minimum Gasteiger partial charge on any atom is -0.481 e. The fraction of sp³-hybridized carbons (Fsp3) is 0.286. The topological polar surface area (TPSA) is 55.1 Å². The van der Waals surface area contributed by atoms with E-state index in [0.29, 0.717) is 6.42 Å². The first-order chi connectivity index (χ1) is 8.99. The van der Waals surface area contributed by atoms with Gasteiger partial charge in [0, 0.05) is 6.42 Å². The van der Waals surface area contributed by atoms with Gasteiger partial charge < -0.3 is 5.11 Å². The van der Waals surface area contributed by atoms with Gasteiger partial charge in [0.2, 0.25) is 0 Å². The molecule has 0 bridgehead atoms. The first-order valence-electron chi connectivity index (χ1n) is 6.02. The molecule has 0 aliphatic rings. The number of carboxylic acids is 1. The second kappa shape index (κ2) is 5.57. The predicted molar refractivity (Wildman–Crippen MR) is 76.7 cm³/mol. The Morgan fingerprint density at radius 3 is 2.74 bits per heavy atom. The quantitative estimate of drug-likeness (QED) is 0.939. The number of hydrogen-bond acceptors (Lipinski definition) is 2. The SMILES string of the molecule is Cc1nn(-c2cccc(CCC(=O)O)c2)c(C)c1Br. The van der Waals surface area contributed by atoms with E-state index in [-0.39, 0.29) is 6.42 Å². The molecule has 2 rings (SSSR count). The van der Waals surface area contributed by atoms with E-state index in [0.717, 1.165) is 27.1 Å². The van der Waals surface area contributed by atoms with E-state index >= 15 is 0 Å². The highest BCUT2D eigenvalue weighted by atomic mass is 79.9. The zero-order valence-corrected chi connectivity index (χ0v) is 12.4. The maximum absolute atomic E-state index is 10.6. The number of aromatic nitrogens is 2. The molecule has 0 saturated heterocycles. The highest BCUT2D eigenvalue weighted by molar-refractivity contribution is 9.10. The van der Waals surface area contributed by atoms with Crippen LogP contribution in [0.1, 0.15) is 23.4 Å². The van der Waals surface area contributed by atoms with E-state index in [1.165, 1.54) is 0 Å². The normalized spacial score (nSPS) is 10.7. The lowest BCUT2D eigenvalue weighted by Crippen LogP contribution is -2.01. The molecule has 0 unspecified atom stereocenters. The highest BCUT2D eigenvalue weighted by Crippen LogP contribution is 2.23. The van der Waals surface area contributed by atoms with Gasteiger partial charge in [-0.05, 0) is 53.9 Å². The van der Waals surface area contributed by atoms with E-state index in [1.54, 1.807) is 0 Å². The third-order valence-electron chi connectivity index (χ3n) is 2.99. The molecule has 1 heterocycles. The largest absolute Gasteiger partial charge is 0.481 e. The van der Waals surface area contributed by atoms with Crippen molar-refractivity contribution in [1.82, 2.24) is 9.78 Å². The molecule has 5 heteroatoms. The Balaban J connectivity index is 2.32. The number of rotatable bonds is 4. The van der Waals surface area contributed by atoms with E-state index < -0.39 is 5.97 Å². The standard InChI is InChI=1S/C14H15BrN2O2/c1-9-14(15)10(2)17(16-9)12-5-3-4-11(8-12)6-7-13(18)19/h3-5,8H,6-7H2,1-2H3,(H,18,19). The lowest BCUT2D eigenvalue weighted by molar-refractivity contribution is -0.136. The number of halogens is 1. The molecule has 100 valence electrons. The summed E-state index contributed by atoms with van der Waals surface area (Å²) in [7, 11) is 0. The second-order valence-electron chi connectivity index (χ2n) is 4.46. The monoisotopic (exact) mass is 322 g/mol. The van der Waals surface area contributed by atoms with Crippen molar-refractivity contribution >= 4 is 21.9 Å². The van der Waals surface area contributed by atoms with E-state index in [9.17, 15) is 4.79 Å². The van der Waals surface area contributed by atoms with Gasteiger partial charge in [0.1, 0.15) is 0 Å². The Labute approximate surface area is 120 Å². The molecule has 1 aromatic heterocycles. The van der Waals surface area contributed by atoms with Gasteiger partial charge in [0.05, 0.1) is 21.5 Å². The smallest absolute Gasteiger partial charge is 0.303 e. The number of hydrogen-bond donors (Lipinski definition) is 1. The zero-order chi connectivity index (χ0) is 14.0. The number of carbonyl (C=O) groups is 1. The number of aliphatic carboxylic acids is 1. The molecule has 0 amide bonds. The number of aryl methyl sites for hydroxylation is 2. The first kappa shape index (κ1) is 13.8. The molecule has 0 aliphatic heterocycles. The summed E-state index contributed by atoms with van der Waals surface area (Å²) in [5, 5.41) is 13.2. The molecule has 4 nitrogen and oxygen atoms in total. The van der Waals surface area contributed by atoms with Gasteiger partial charge in [-0.1, -0.05) is 12.1 Å². The van der Waals surface area contributed by atoms with Crippen LogP contribution in [-0.4, -0.2) is 20.9 Å². The third-order valence-corrected chi connectivity index (χ3v) is 4.13. The van der Waals surface area contributed by atoms with Crippen LogP contribution in [0.25, 0.3) is 5.69 Å². The van der Waals surface area contributed by atoms with Crippen LogP contribution in [0.3, 0.4) is 0 Å². The summed E-state index contributed by atoms with van der Waals surface area (Å²) in [6.07, 6.45) is 0.675. The summed E-state index contributed by atoms with van der Waals surface area (Å²) < 4.78 is 2.87. The minimum absolute atomic E-state index is 0.143. The fourth-order valence-corrected chi connectivity index (χ4v) is 2.22. The Morgan fingerprint density at radius 1 is 1.42 bits per heavy atom. The van der Waals surface area contributed by atoms with Gasteiger partial charge >= 0.3 is 5.97 Å². The molecule has 0 atom stereocenters. The second-order valence-corrected chi connectivity index (χ2v) is 5.25. The Bertz CT molecular complexity index is 620. The Hall–Kier alpha value is -1.62. The Kier molecular flexibility index (Phi) is 4.04. The van der Waals surface area contributed by atoms with E-state index in [4.69, 9.17) is 5.11 Å². The van der Waals surface area contributed by atoms with Crippen molar-refractivity contribution in [3.05, 3.63) is 45.7 Å². The highest BCUT2D eigenvalue weighted by Gasteiger charge is 2.10. The van der Waals surface area contributed by atoms with Crippen LogP contribution in [-0.2, 0) is 11.2 Å². The van der Waals surface area contributed by atoms with Gasteiger partial charge in [0.25, 0.3) is 0 Å². The van der Waals surface area contributed by atoms with Crippen LogP contribution < -0.4 is 0 Å². The average Bonchev–Trinajstić information content (AvgIpc) is 2.64. The zero-order valence-electron chi connectivity index (χ0n) is 10.9. The minimum atomic E-state index is -0.778. The van der Waals surface area contributed by atoms with Crippen LogP contribution in [0.5, 0.6) is 0 Å². The van der Waals surface area contributed by atoms with Crippen LogP contribution in [0.4, 0.5) is 0 Å². The lowest BCUT2D eigenvalue weighted by Gasteiger charge is -2.06. The molecular formula is C14H15BrN2O2. The van der Waals surface area contributed by atoms with Gasteiger partial charge in [0.15, 0.2) is 0 Å². The van der Waals surface area contributed by atoms with Crippen molar-refractivity contribution in [2.24, 2.45) is 0 Å². The summed E-state index contributed by atoms with van der Waals surface area (Å²) in [6.45, 7) is 3.94. The van der Waals surface area contributed by atoms with Gasteiger partial charge in [-0.25, -0.2) is 4.68 Å². The van der Waals surface area contributed by atoms with Crippen LogP contribution >= 0.6 is 15.9 Å². The number of carboxylic acid groups (broad SMARTS) is 1. The fourth-order valence-electron chi connectivity index (χ4n) is 1.97. The van der Waals surface area contributed by atoms with Crippen LogP contribution in [0, 0.1) is 13.8 Å². The lowest BCUT2D eigenvalue weighted by atomic mass is 10.1. The van der Waals surface area contributed by atoms with Crippen molar-refractivity contribution in [2.45, 2.75) is 26.7 Å². The molecule has 19 heavy (non-hydrogen) atoms. The summed E-state index contributed by atoms with van der Waals surface area (Å²) in [5.74, 6) is -0.778. The summed E-state index contributed by atoms with van der Waals surface area (Å²) in [6, 6.07) is 7.81. The summed E-state index contributed by atoms with van der Waals surface area (Å²) >= 11 is 3.50. The number of nitrogens with zero attached hydrogens (tertiary/aromatic N) is 2. The van der Waals surface area contributed by atoms with Crippen LogP contribution in [0.15, 0.2) is 28.7 Å². The molecule has 0 radical (unpaired) electrons. The van der Waals surface area contributed by atoms with E-state index in [2.05, 4.69) is 21.0 Å². The Morgan fingerprint density at radius 2 is 2.16 bits per heavy atom. The molecule has 0 aliphatic carbocycles. The summed E-state index contributed by atoms with van der Waals surface area (Å²) in [4.78, 5) is 10.6. The first-order valence-corrected chi connectivity index (χ1v) is 6.81. The molecule has 0 spiro atoms. The predicted octanol–water partition coefficient (Wildman–Crippen LogP) is 3.27. The number of benzene rings is 1. The van der Waals surface area contributed by atoms with Crippen molar-refractivity contribution in [3.8, 4) is 5.69 Å².